The van der Waals surface area contributed by atoms with Crippen LogP contribution in [0.3, 0.4) is 0 Å². The first-order valence-electron chi connectivity index (χ1n) is 6.73. The van der Waals surface area contributed by atoms with Crippen molar-refractivity contribution in [3.05, 3.63) is 0 Å². The zero-order valence-electron chi connectivity index (χ0n) is 10.9. The quantitative estimate of drug-likeness (QED) is 0.737. The fraction of sp³-hybridized carbons (Fsp3) is 1.00. The summed E-state index contributed by atoms with van der Waals surface area (Å²) in [6, 6.07) is 1.06. The summed E-state index contributed by atoms with van der Waals surface area (Å²) in [4.78, 5) is 2.43. The summed E-state index contributed by atoms with van der Waals surface area (Å²) in [7, 11) is 3.91. The second-order valence-electron chi connectivity index (χ2n) is 6.41. The summed E-state index contributed by atoms with van der Waals surface area (Å²) in [5.74, 6) is 0. The standard InChI is InChI=1S/C13H24N2O2/c1-15-9-3-4-10(15)6-13(16,5-9)12(14)7-11(8-12)17-2/h9-11,16H,3-8,14H2,1-2H3. The number of ether oxygens (including phenoxy) is 1. The van der Waals surface area contributed by atoms with Gasteiger partial charge < -0.3 is 20.5 Å². The fourth-order valence-electron chi connectivity index (χ4n) is 4.15. The van der Waals surface area contributed by atoms with Crippen LogP contribution in [0, 0.1) is 0 Å². The lowest BCUT2D eigenvalue weighted by atomic mass is 9.60. The highest BCUT2D eigenvalue weighted by atomic mass is 16.5. The molecule has 98 valence electrons. The van der Waals surface area contributed by atoms with Crippen molar-refractivity contribution in [1.29, 1.82) is 0 Å². The van der Waals surface area contributed by atoms with E-state index in [2.05, 4.69) is 11.9 Å². The lowest BCUT2D eigenvalue weighted by Crippen LogP contribution is -2.72. The Morgan fingerprint density at radius 3 is 2.18 bits per heavy atom. The van der Waals surface area contributed by atoms with E-state index < -0.39 is 11.1 Å². The summed E-state index contributed by atoms with van der Waals surface area (Å²) in [5, 5.41) is 11.0. The Morgan fingerprint density at radius 1 is 1.18 bits per heavy atom. The van der Waals surface area contributed by atoms with Crippen molar-refractivity contribution in [3.8, 4) is 0 Å². The molecule has 3 rings (SSSR count). The number of rotatable bonds is 2. The van der Waals surface area contributed by atoms with Gasteiger partial charge >= 0.3 is 0 Å². The maximum Gasteiger partial charge on any atom is 0.0858 e. The molecule has 0 amide bonds. The summed E-state index contributed by atoms with van der Waals surface area (Å²) >= 11 is 0. The molecule has 0 aromatic rings. The minimum Gasteiger partial charge on any atom is -0.388 e. The van der Waals surface area contributed by atoms with E-state index in [0.717, 1.165) is 25.7 Å². The number of hydrogen-bond donors (Lipinski definition) is 2. The Morgan fingerprint density at radius 2 is 1.71 bits per heavy atom. The van der Waals surface area contributed by atoms with Gasteiger partial charge in [0.15, 0.2) is 0 Å². The minimum absolute atomic E-state index is 0.251. The van der Waals surface area contributed by atoms with Crippen molar-refractivity contribution in [2.24, 2.45) is 5.73 Å². The Labute approximate surface area is 103 Å². The normalized spacial score (nSPS) is 54.7. The maximum atomic E-state index is 11.0. The molecule has 0 radical (unpaired) electrons. The summed E-state index contributed by atoms with van der Waals surface area (Å²) in [6.07, 6.45) is 5.98. The van der Waals surface area contributed by atoms with Crippen molar-refractivity contribution in [3.63, 3.8) is 0 Å². The smallest absolute Gasteiger partial charge is 0.0858 e. The average Bonchev–Trinajstić information content (AvgIpc) is 2.50. The molecule has 0 aromatic carbocycles. The van der Waals surface area contributed by atoms with Crippen LogP contribution in [0.1, 0.15) is 38.5 Å². The van der Waals surface area contributed by atoms with E-state index in [4.69, 9.17) is 10.5 Å². The molecule has 2 aliphatic heterocycles. The zero-order chi connectivity index (χ0) is 12.3. The van der Waals surface area contributed by atoms with E-state index >= 15 is 0 Å². The van der Waals surface area contributed by atoms with Crippen LogP contribution in [0.5, 0.6) is 0 Å². The van der Waals surface area contributed by atoms with Gasteiger partial charge in [0.05, 0.1) is 11.7 Å². The number of nitrogens with zero attached hydrogens (tertiary/aromatic N) is 1. The van der Waals surface area contributed by atoms with Crippen LogP contribution in [-0.2, 0) is 4.74 Å². The molecule has 1 saturated carbocycles. The Hall–Kier alpha value is -0.160. The van der Waals surface area contributed by atoms with E-state index in [1.165, 1.54) is 12.8 Å². The van der Waals surface area contributed by atoms with Crippen molar-refractivity contribution in [2.75, 3.05) is 14.2 Å². The van der Waals surface area contributed by atoms with Gasteiger partial charge in [-0.15, -0.1) is 0 Å². The first kappa shape index (κ1) is 11.9. The topological polar surface area (TPSA) is 58.7 Å². The predicted octanol–water partition coefficient (Wildman–Crippen LogP) is 0.480. The number of piperidine rings is 1. The molecular formula is C13H24N2O2. The molecule has 2 heterocycles. The Kier molecular flexibility index (Phi) is 2.57. The highest BCUT2D eigenvalue weighted by molar-refractivity contribution is 5.17. The number of aliphatic hydroxyl groups is 1. The van der Waals surface area contributed by atoms with Crippen molar-refractivity contribution < 1.29 is 9.84 Å². The number of fused-ring (bicyclic) bond motifs is 2. The molecule has 2 saturated heterocycles. The van der Waals surface area contributed by atoms with Crippen molar-refractivity contribution >= 4 is 0 Å². The van der Waals surface area contributed by atoms with Gasteiger partial charge in [0.1, 0.15) is 0 Å². The molecule has 2 unspecified atom stereocenters. The van der Waals surface area contributed by atoms with Crippen LogP contribution in [0.2, 0.25) is 0 Å². The monoisotopic (exact) mass is 240 g/mol. The van der Waals surface area contributed by atoms with Gasteiger partial charge in [0.2, 0.25) is 0 Å². The zero-order valence-corrected chi connectivity index (χ0v) is 10.9. The van der Waals surface area contributed by atoms with Crippen molar-refractivity contribution in [1.82, 2.24) is 4.90 Å². The summed E-state index contributed by atoms with van der Waals surface area (Å²) in [6.45, 7) is 0. The molecule has 3 fully saturated rings. The van der Waals surface area contributed by atoms with E-state index in [0.29, 0.717) is 12.1 Å². The van der Waals surface area contributed by atoms with Gasteiger partial charge in [0, 0.05) is 24.7 Å². The highest BCUT2D eigenvalue weighted by Crippen LogP contribution is 2.50. The van der Waals surface area contributed by atoms with Crippen LogP contribution < -0.4 is 5.73 Å². The molecular weight excluding hydrogens is 216 g/mol. The predicted molar refractivity (Wildman–Crippen MR) is 65.7 cm³/mol. The van der Waals surface area contributed by atoms with Crippen LogP contribution in [0.4, 0.5) is 0 Å². The Bertz CT molecular complexity index is 301. The van der Waals surface area contributed by atoms with Crippen LogP contribution in [-0.4, -0.2) is 53.5 Å². The molecule has 4 nitrogen and oxygen atoms in total. The summed E-state index contributed by atoms with van der Waals surface area (Å²) in [5.41, 5.74) is 5.35. The fourth-order valence-corrected chi connectivity index (χ4v) is 4.15. The van der Waals surface area contributed by atoms with Crippen LogP contribution in [0.25, 0.3) is 0 Å². The lowest BCUT2D eigenvalue weighted by Gasteiger charge is -2.57. The minimum atomic E-state index is -0.666. The molecule has 17 heavy (non-hydrogen) atoms. The van der Waals surface area contributed by atoms with Gasteiger partial charge in [-0.25, -0.2) is 0 Å². The van der Waals surface area contributed by atoms with E-state index in [1.54, 1.807) is 7.11 Å². The Balaban J connectivity index is 1.75. The van der Waals surface area contributed by atoms with Gasteiger partial charge in [0.25, 0.3) is 0 Å². The average molecular weight is 240 g/mol. The summed E-state index contributed by atoms with van der Waals surface area (Å²) < 4.78 is 5.31. The lowest BCUT2D eigenvalue weighted by molar-refractivity contribution is -0.158. The van der Waals surface area contributed by atoms with Gasteiger partial charge in [-0.05, 0) is 45.6 Å². The molecule has 3 N–H and O–H groups in total. The van der Waals surface area contributed by atoms with E-state index in [-0.39, 0.29) is 6.10 Å². The molecule has 1 aliphatic carbocycles. The second-order valence-corrected chi connectivity index (χ2v) is 6.41. The first-order chi connectivity index (χ1) is 7.97. The van der Waals surface area contributed by atoms with Crippen LogP contribution >= 0.6 is 0 Å². The number of hydrogen-bond acceptors (Lipinski definition) is 4. The SMILES string of the molecule is COC1CC(N)(C2(O)CC3CCC(C2)N3C)C1. The highest BCUT2D eigenvalue weighted by Gasteiger charge is 2.60. The van der Waals surface area contributed by atoms with Gasteiger partial charge in [-0.3, -0.25) is 0 Å². The third kappa shape index (κ3) is 1.58. The number of nitrogens with two attached hydrogens (primary N) is 1. The van der Waals surface area contributed by atoms with Gasteiger partial charge in [-0.2, -0.15) is 0 Å². The molecule has 2 atom stereocenters. The van der Waals surface area contributed by atoms with E-state index in [1.807, 2.05) is 0 Å². The third-order valence-corrected chi connectivity index (χ3v) is 5.58. The van der Waals surface area contributed by atoms with Crippen molar-refractivity contribution in [2.45, 2.75) is 67.9 Å². The largest absolute Gasteiger partial charge is 0.388 e. The number of methoxy groups -OCH3 is 1. The molecule has 4 heteroatoms. The van der Waals surface area contributed by atoms with E-state index in [9.17, 15) is 5.11 Å². The molecule has 0 spiro atoms. The molecule has 3 aliphatic rings. The van der Waals surface area contributed by atoms with Gasteiger partial charge in [-0.1, -0.05) is 0 Å². The molecule has 2 bridgehead atoms. The van der Waals surface area contributed by atoms with Crippen LogP contribution in [0.15, 0.2) is 0 Å². The maximum absolute atomic E-state index is 11.0. The third-order valence-electron chi connectivity index (χ3n) is 5.58. The second kappa shape index (κ2) is 3.67. The molecule has 0 aromatic heterocycles. The first-order valence-corrected chi connectivity index (χ1v) is 6.73.